The van der Waals surface area contributed by atoms with E-state index in [0.717, 1.165) is 19.3 Å². The summed E-state index contributed by atoms with van der Waals surface area (Å²) in [5.41, 5.74) is 4.66. The third-order valence-corrected chi connectivity index (χ3v) is 26.9. The standard InChI is InChI=1S/2C15H24O6S.2C14H22O6S.2C13H20O6S.CH4.5CH3/c1-6-8-10-12(16)11(9(3)7-2)13(20-4)14(21-5)15(10)22(17,18)19;1-6-8-10-11(9(3)7-2)12(16)14(21-5)15(13(10)20-4)22(17,18)19;1-6-8(3)10-11(15)9(7-2)14(21(16,17)18)13(20-5)12(10)19-4;1-6-8(3)10-9(7-2)12(19-4)14(21(16,17)18)13(20-5)11(10)15;1-6-7(2)9-10(14)8(3)13(20(15,16)17)12(19-5)11(9)18-4;1-6-7(2)9-8(3)11(18-4)13(20(15,16)17)12(19-5)10(9)14;;;;;;/h2*9,16H,6-8H2,1-5H3,(H,17,18,19);2*8,15H,6-7H2,1-5H3,(H,16,17,18);2*7,14H,6H2,1-5H3,(H,15,16,17);1H4;5*1H3/q;;;;;;;5*+1/p-6. The van der Waals surface area contributed by atoms with Gasteiger partial charge in [0.05, 0.1) is 85.3 Å². The number of benzene rings is 6. The van der Waals surface area contributed by atoms with Crippen LogP contribution >= 0.6 is 0 Å². The molecule has 0 aromatic heterocycles. The number of aromatic hydroxyl groups is 6. The second-order valence-electron chi connectivity index (χ2n) is 28.9. The van der Waals surface area contributed by atoms with Gasteiger partial charge in [-0.2, -0.15) is 0 Å². The summed E-state index contributed by atoms with van der Waals surface area (Å²) in [6.07, 6.45) is 6.96. The molecule has 0 spiro atoms. The van der Waals surface area contributed by atoms with Crippen LogP contribution in [-0.4, -0.2) is 194 Å². The maximum absolute atomic E-state index is 11.7. The molecule has 0 bridgehead atoms. The molecule has 0 saturated heterocycles. The van der Waals surface area contributed by atoms with Crippen molar-refractivity contribution < 1.29 is 165 Å². The molecule has 132 heavy (non-hydrogen) atoms. The van der Waals surface area contributed by atoms with Crippen LogP contribution in [0.5, 0.6) is 103 Å². The largest absolute Gasteiger partial charge is 0.744 e. The molecular formula is C90H145O36S6-. The molecule has 0 amide bonds. The number of phenolic OH excluding ortho intramolecular Hbond substituents is 6. The summed E-state index contributed by atoms with van der Waals surface area (Å²) in [7, 11) is -13.7. The van der Waals surface area contributed by atoms with E-state index in [1.165, 1.54) is 92.2 Å². The van der Waals surface area contributed by atoms with E-state index in [-0.39, 0.29) is 213 Å². The highest BCUT2D eigenvalue weighted by Gasteiger charge is 2.37. The zero-order valence-corrected chi connectivity index (χ0v) is 87.2. The Bertz CT molecular complexity index is 5320. The van der Waals surface area contributed by atoms with Gasteiger partial charge in [-0.3, -0.25) is 0 Å². The van der Waals surface area contributed by atoms with E-state index in [9.17, 15) is 108 Å². The Hall–Kier alpha value is -9.47. The lowest BCUT2D eigenvalue weighted by molar-refractivity contribution is 0.330. The van der Waals surface area contributed by atoms with Gasteiger partial charge in [0.25, 0.3) is 0 Å². The van der Waals surface area contributed by atoms with E-state index in [1.807, 2.05) is 96.9 Å². The van der Waals surface area contributed by atoms with Crippen LogP contribution in [0.3, 0.4) is 0 Å². The van der Waals surface area contributed by atoms with Crippen LogP contribution in [0, 0.1) is 51.0 Å². The molecule has 42 heteroatoms. The van der Waals surface area contributed by atoms with Crippen LogP contribution in [0.15, 0.2) is 29.4 Å². The van der Waals surface area contributed by atoms with Gasteiger partial charge in [-0.05, 0) is 119 Å². The molecule has 6 aromatic carbocycles. The number of ether oxygens (including phenoxy) is 12. The van der Waals surface area contributed by atoms with Crippen molar-refractivity contribution in [2.45, 2.75) is 274 Å². The quantitative estimate of drug-likeness (QED) is 0.0157. The van der Waals surface area contributed by atoms with E-state index in [2.05, 4.69) is 0 Å². The van der Waals surface area contributed by atoms with Gasteiger partial charge in [-0.1, -0.05) is 131 Å². The van der Waals surface area contributed by atoms with Gasteiger partial charge in [0.15, 0.2) is 69.0 Å². The summed E-state index contributed by atoms with van der Waals surface area (Å²) in [5.74, 6) is -3.29. The highest BCUT2D eigenvalue weighted by Crippen LogP contribution is 2.56. The van der Waals surface area contributed by atoms with Crippen molar-refractivity contribution in [2.24, 2.45) is 0 Å². The Labute approximate surface area is 787 Å². The number of rotatable bonds is 36. The molecule has 6 unspecified atom stereocenters. The minimum absolute atomic E-state index is 0. The van der Waals surface area contributed by atoms with Gasteiger partial charge in [0, 0.05) is 98.3 Å². The highest BCUT2D eigenvalue weighted by atomic mass is 32.2. The Morgan fingerprint density at radius 2 is 0.439 bits per heavy atom. The first kappa shape index (κ1) is 133. The summed E-state index contributed by atoms with van der Waals surface area (Å²) in [6, 6.07) is 0. The third kappa shape index (κ3) is 29.8. The average molecular weight is 2000 g/mol. The van der Waals surface area contributed by atoms with Gasteiger partial charge in [0.1, 0.15) is 125 Å². The van der Waals surface area contributed by atoms with Gasteiger partial charge in [-0.15, -0.1) is 0 Å². The van der Waals surface area contributed by atoms with Crippen molar-refractivity contribution >= 4 is 60.7 Å². The fraction of sp³-hybridized carbons (Fsp3) is 0.544. The predicted molar refractivity (Wildman–Crippen MR) is 502 cm³/mol. The third-order valence-electron chi connectivity index (χ3n) is 21.4. The molecule has 0 heterocycles. The minimum Gasteiger partial charge on any atom is -0.744 e. The second kappa shape index (κ2) is 56.7. The van der Waals surface area contributed by atoms with E-state index in [1.54, 1.807) is 20.8 Å². The lowest BCUT2D eigenvalue weighted by Gasteiger charge is -2.25. The first-order chi connectivity index (χ1) is 58.4. The molecule has 0 radical (unpaired) electrons. The smallest absolute Gasteiger partial charge is 0.182 e. The molecule has 36 nitrogen and oxygen atoms in total. The van der Waals surface area contributed by atoms with Crippen molar-refractivity contribution in [3.8, 4) is 103 Å². The van der Waals surface area contributed by atoms with Crippen LogP contribution in [-0.2, 0) is 86.4 Å². The Balaban J connectivity index is -0.000000358. The van der Waals surface area contributed by atoms with Gasteiger partial charge in [-0.25, -0.2) is 50.5 Å². The number of hydrogen-bond acceptors (Lipinski definition) is 36. The molecule has 0 aliphatic heterocycles. The summed E-state index contributed by atoms with van der Waals surface area (Å²) < 4.78 is 269. The fourth-order valence-corrected chi connectivity index (χ4v) is 19.7. The zero-order valence-electron chi connectivity index (χ0n) is 82.3. The molecule has 6 rings (SSSR count). The van der Waals surface area contributed by atoms with Crippen molar-refractivity contribution in [3.05, 3.63) is 104 Å². The van der Waals surface area contributed by atoms with Crippen molar-refractivity contribution in [3.63, 3.8) is 0 Å². The van der Waals surface area contributed by atoms with Gasteiger partial charge in [0.2, 0.25) is 0 Å². The summed E-state index contributed by atoms with van der Waals surface area (Å²) in [5, 5.41) is 62.3. The topological polar surface area (TPSA) is 575 Å². The van der Waals surface area contributed by atoms with Crippen LogP contribution < -0.4 is 56.8 Å². The van der Waals surface area contributed by atoms with Gasteiger partial charge < -0.3 is 115 Å². The van der Waals surface area contributed by atoms with Crippen LogP contribution in [0.1, 0.15) is 272 Å². The van der Waals surface area contributed by atoms with Crippen LogP contribution in [0.4, 0.5) is 0 Å². The number of methoxy groups -OCH3 is 12. The Morgan fingerprint density at radius 3 is 0.689 bits per heavy atom. The molecule has 758 valence electrons. The van der Waals surface area contributed by atoms with Crippen molar-refractivity contribution in [2.75, 3.05) is 85.3 Å². The molecule has 6 aromatic rings. The monoisotopic (exact) mass is 1990 g/mol. The molecule has 0 aliphatic carbocycles. The minimum atomic E-state index is -4.86. The summed E-state index contributed by atoms with van der Waals surface area (Å²) in [6.45, 7) is 33.1. The SMILES string of the molecule is C.CCC(C)c1c(C)c(OC)c(S(=O)(=O)[O-])c(OC)c1O.CCC(C)c1c(O)c(C)c(S(=O)(=O)[O-])c(OC)c1OC.CCCc1c(O)c(C(C)CC)c(OC)c(OC)c1S(=O)(=O)[O-].CCCc1c(OC)c(S(=O)(=O)[O-])c(OC)c(O)c1C(C)CC.CCc1c(O)c(C(C)CC)c(OC)c(OC)c1S(=O)(=O)[O-].CCc1c(OC)c(S(=O)(=O)[O-])c(OC)c(O)c1C(C)CC.[CH3+].[CH3+].[CH3+].[CH3+].[CH3+]. The van der Waals surface area contributed by atoms with Crippen LogP contribution in [0.2, 0.25) is 0 Å². The predicted octanol–water partition coefficient (Wildman–Crippen LogP) is 17.5. The molecular weight excluding hydrogens is 1850 g/mol. The fourth-order valence-electron chi connectivity index (χ4n) is 14.4. The molecule has 0 saturated carbocycles. The molecule has 6 N–H and O–H groups in total. The molecule has 0 aliphatic rings. The summed E-state index contributed by atoms with van der Waals surface area (Å²) in [4.78, 5) is -3.60. The van der Waals surface area contributed by atoms with E-state index < -0.39 is 90.1 Å². The van der Waals surface area contributed by atoms with Crippen molar-refractivity contribution in [1.29, 1.82) is 0 Å². The van der Waals surface area contributed by atoms with Crippen LogP contribution in [0.25, 0.3) is 0 Å². The maximum Gasteiger partial charge on any atom is 0.182 e. The zero-order chi connectivity index (χ0) is 98.2. The first-order valence-corrected chi connectivity index (χ1v) is 48.5. The second-order valence-corrected chi connectivity index (χ2v) is 36.8. The van der Waals surface area contributed by atoms with E-state index >= 15 is 0 Å². The molecule has 6 atom stereocenters. The average Bonchev–Trinajstić information content (AvgIpc) is 0.736. The van der Waals surface area contributed by atoms with E-state index in [4.69, 9.17) is 56.8 Å². The normalized spacial score (nSPS) is 12.5. The first-order valence-electron chi connectivity index (χ1n) is 40.0. The molecule has 0 fully saturated rings. The number of phenols is 6. The summed E-state index contributed by atoms with van der Waals surface area (Å²) >= 11 is 0. The lowest BCUT2D eigenvalue weighted by Crippen LogP contribution is -2.11. The Kier molecular flexibility index (Phi) is 57.2. The van der Waals surface area contributed by atoms with Gasteiger partial charge >= 0.3 is 0 Å². The van der Waals surface area contributed by atoms with Crippen molar-refractivity contribution in [1.82, 2.24) is 0 Å². The highest BCUT2D eigenvalue weighted by molar-refractivity contribution is 7.87. The Morgan fingerprint density at radius 1 is 0.235 bits per heavy atom. The van der Waals surface area contributed by atoms with E-state index in [0.29, 0.717) is 95.0 Å². The number of hydrogen-bond donors (Lipinski definition) is 6. The lowest BCUT2D eigenvalue weighted by atomic mass is 9.89. The maximum atomic E-state index is 11.7.